The second-order valence-corrected chi connectivity index (χ2v) is 5.81. The van der Waals surface area contributed by atoms with Crippen molar-refractivity contribution in [1.29, 1.82) is 0 Å². The summed E-state index contributed by atoms with van der Waals surface area (Å²) in [4.78, 5) is 1.21. The summed E-state index contributed by atoms with van der Waals surface area (Å²) >= 11 is 5.28. The summed E-state index contributed by atoms with van der Waals surface area (Å²) in [5.74, 6) is 0.820. The number of benzene rings is 2. The molecule has 0 spiro atoms. The first-order valence-corrected chi connectivity index (χ1v) is 7.91. The molecule has 1 unspecified atom stereocenters. The number of hydrogen-bond acceptors (Lipinski definition) is 3. The third-order valence-electron chi connectivity index (χ3n) is 3.02. The summed E-state index contributed by atoms with van der Waals surface area (Å²) in [6.07, 6.45) is 2.06. The van der Waals surface area contributed by atoms with E-state index in [1.807, 2.05) is 30.3 Å². The summed E-state index contributed by atoms with van der Waals surface area (Å²) in [5.41, 5.74) is 8.60. The van der Waals surface area contributed by atoms with Crippen molar-refractivity contribution in [3.63, 3.8) is 0 Å². The monoisotopic (exact) mass is 337 g/mol. The van der Waals surface area contributed by atoms with E-state index in [1.165, 1.54) is 4.90 Å². The van der Waals surface area contributed by atoms with Crippen LogP contribution in [-0.2, 0) is 0 Å². The Hall–Kier alpha value is -0.970. The van der Waals surface area contributed by atoms with E-state index < -0.39 is 0 Å². The summed E-state index contributed by atoms with van der Waals surface area (Å²) < 4.78 is 6.17. The van der Waals surface area contributed by atoms with Gasteiger partial charge in [-0.3, -0.25) is 0 Å². The van der Waals surface area contributed by atoms with Gasteiger partial charge in [0.25, 0.3) is 0 Å². The first kappa shape index (κ1) is 14.4. The lowest BCUT2D eigenvalue weighted by Gasteiger charge is -2.17. The van der Waals surface area contributed by atoms with Gasteiger partial charge in [-0.1, -0.05) is 40.2 Å². The van der Waals surface area contributed by atoms with Gasteiger partial charge < -0.3 is 10.5 Å². The van der Waals surface area contributed by atoms with Gasteiger partial charge in [-0.05, 0) is 35.6 Å². The molecule has 4 heteroatoms. The molecule has 19 heavy (non-hydrogen) atoms. The van der Waals surface area contributed by atoms with Crippen LogP contribution in [0.4, 0.5) is 0 Å². The van der Waals surface area contributed by atoms with Crippen LogP contribution in [0.5, 0.6) is 5.75 Å². The predicted molar refractivity (Wildman–Crippen MR) is 84.9 cm³/mol. The molecule has 0 aromatic heterocycles. The number of ether oxygens (including phenoxy) is 1. The van der Waals surface area contributed by atoms with Gasteiger partial charge in [0.1, 0.15) is 5.75 Å². The second-order valence-electron chi connectivity index (χ2n) is 4.11. The largest absolute Gasteiger partial charge is 0.497 e. The van der Waals surface area contributed by atoms with Crippen molar-refractivity contribution in [2.24, 2.45) is 5.73 Å². The van der Waals surface area contributed by atoms with E-state index in [-0.39, 0.29) is 6.04 Å². The predicted octanol–water partition coefficient (Wildman–Crippen LogP) is 4.23. The molecular formula is C15H16BrNOS. The van der Waals surface area contributed by atoms with Crippen LogP contribution in [0.1, 0.15) is 17.2 Å². The second kappa shape index (κ2) is 6.46. The summed E-state index contributed by atoms with van der Waals surface area (Å²) in [6.45, 7) is 0. The third kappa shape index (κ3) is 3.14. The van der Waals surface area contributed by atoms with Gasteiger partial charge in [0, 0.05) is 9.37 Å². The van der Waals surface area contributed by atoms with Crippen molar-refractivity contribution < 1.29 is 4.74 Å². The van der Waals surface area contributed by atoms with Crippen LogP contribution in [-0.4, -0.2) is 13.4 Å². The molecule has 0 aliphatic rings. The quantitative estimate of drug-likeness (QED) is 0.848. The molecule has 0 radical (unpaired) electrons. The van der Waals surface area contributed by atoms with Crippen molar-refractivity contribution in [1.82, 2.24) is 0 Å². The van der Waals surface area contributed by atoms with Gasteiger partial charge in [0.05, 0.1) is 13.2 Å². The highest BCUT2D eigenvalue weighted by Gasteiger charge is 2.15. The average molecular weight is 338 g/mol. The minimum Gasteiger partial charge on any atom is -0.497 e. The Bertz CT molecular complexity index is 574. The van der Waals surface area contributed by atoms with E-state index in [0.29, 0.717) is 0 Å². The SMILES string of the molecule is COc1ccc(C(N)c2ccccc2SC)c(Br)c1. The maximum absolute atomic E-state index is 6.40. The third-order valence-corrected chi connectivity index (χ3v) is 4.52. The van der Waals surface area contributed by atoms with Gasteiger partial charge in [-0.15, -0.1) is 11.8 Å². The number of rotatable bonds is 4. The fourth-order valence-electron chi connectivity index (χ4n) is 1.98. The zero-order valence-electron chi connectivity index (χ0n) is 10.9. The van der Waals surface area contributed by atoms with Crippen LogP contribution in [0.2, 0.25) is 0 Å². The van der Waals surface area contributed by atoms with Gasteiger partial charge >= 0.3 is 0 Å². The number of thioether (sulfide) groups is 1. The van der Waals surface area contributed by atoms with Crippen molar-refractivity contribution in [2.45, 2.75) is 10.9 Å². The molecule has 0 aliphatic heterocycles. The highest BCUT2D eigenvalue weighted by molar-refractivity contribution is 9.10. The minimum absolute atomic E-state index is 0.149. The molecule has 0 saturated heterocycles. The highest BCUT2D eigenvalue weighted by atomic mass is 79.9. The fraction of sp³-hybridized carbons (Fsp3) is 0.200. The Morgan fingerprint density at radius 1 is 1.16 bits per heavy atom. The minimum atomic E-state index is -0.149. The normalized spacial score (nSPS) is 12.2. The van der Waals surface area contributed by atoms with Crippen LogP contribution >= 0.6 is 27.7 Å². The zero-order valence-corrected chi connectivity index (χ0v) is 13.3. The zero-order chi connectivity index (χ0) is 13.8. The Labute approximate surface area is 126 Å². The molecule has 2 N–H and O–H groups in total. The summed E-state index contributed by atoms with van der Waals surface area (Å²) in [7, 11) is 1.66. The Balaban J connectivity index is 2.41. The lowest BCUT2D eigenvalue weighted by atomic mass is 9.99. The van der Waals surface area contributed by atoms with Crippen LogP contribution in [0, 0.1) is 0 Å². The van der Waals surface area contributed by atoms with Crippen LogP contribution in [0.3, 0.4) is 0 Å². The lowest BCUT2D eigenvalue weighted by Crippen LogP contribution is -2.13. The molecule has 1 atom stereocenters. The van der Waals surface area contributed by atoms with Crippen molar-refractivity contribution >= 4 is 27.7 Å². The Morgan fingerprint density at radius 2 is 1.89 bits per heavy atom. The Kier molecular flexibility index (Phi) is 4.91. The fourth-order valence-corrected chi connectivity index (χ4v) is 3.23. The molecule has 0 saturated carbocycles. The molecule has 0 fully saturated rings. The first-order valence-electron chi connectivity index (χ1n) is 5.89. The number of hydrogen-bond donors (Lipinski definition) is 1. The number of halogens is 1. The average Bonchev–Trinajstić information content (AvgIpc) is 2.46. The lowest BCUT2D eigenvalue weighted by molar-refractivity contribution is 0.414. The van der Waals surface area contributed by atoms with E-state index in [2.05, 4.69) is 34.3 Å². The topological polar surface area (TPSA) is 35.2 Å². The van der Waals surface area contributed by atoms with Gasteiger partial charge in [0.2, 0.25) is 0 Å². The van der Waals surface area contributed by atoms with Crippen molar-refractivity contribution in [3.05, 3.63) is 58.1 Å². The molecule has 2 aromatic carbocycles. The summed E-state index contributed by atoms with van der Waals surface area (Å²) in [6, 6.07) is 14.0. The molecular weight excluding hydrogens is 322 g/mol. The van der Waals surface area contributed by atoms with E-state index in [1.54, 1.807) is 18.9 Å². The van der Waals surface area contributed by atoms with Gasteiger partial charge in [0.15, 0.2) is 0 Å². The molecule has 0 aliphatic carbocycles. The first-order chi connectivity index (χ1) is 9.17. The molecule has 2 aromatic rings. The molecule has 0 heterocycles. The van der Waals surface area contributed by atoms with E-state index in [0.717, 1.165) is 21.3 Å². The molecule has 0 amide bonds. The van der Waals surface area contributed by atoms with Crippen molar-refractivity contribution in [2.75, 3.05) is 13.4 Å². The van der Waals surface area contributed by atoms with Crippen LogP contribution < -0.4 is 10.5 Å². The van der Waals surface area contributed by atoms with Crippen LogP contribution in [0.25, 0.3) is 0 Å². The summed E-state index contributed by atoms with van der Waals surface area (Å²) in [5, 5.41) is 0. The van der Waals surface area contributed by atoms with Crippen molar-refractivity contribution in [3.8, 4) is 5.75 Å². The van der Waals surface area contributed by atoms with E-state index >= 15 is 0 Å². The number of methoxy groups -OCH3 is 1. The Morgan fingerprint density at radius 3 is 2.53 bits per heavy atom. The van der Waals surface area contributed by atoms with E-state index in [4.69, 9.17) is 10.5 Å². The van der Waals surface area contributed by atoms with Gasteiger partial charge in [-0.25, -0.2) is 0 Å². The number of nitrogens with two attached hydrogens (primary N) is 1. The van der Waals surface area contributed by atoms with E-state index in [9.17, 15) is 0 Å². The molecule has 2 nitrogen and oxygen atoms in total. The van der Waals surface area contributed by atoms with Crippen LogP contribution in [0.15, 0.2) is 51.8 Å². The highest BCUT2D eigenvalue weighted by Crippen LogP contribution is 2.33. The molecule has 2 rings (SSSR count). The maximum atomic E-state index is 6.40. The van der Waals surface area contributed by atoms with Gasteiger partial charge in [-0.2, -0.15) is 0 Å². The molecule has 0 bridgehead atoms. The molecule has 100 valence electrons. The maximum Gasteiger partial charge on any atom is 0.120 e. The smallest absolute Gasteiger partial charge is 0.120 e. The standard InChI is InChI=1S/C15H16BrNOS/c1-18-10-7-8-11(13(16)9-10)15(17)12-5-3-4-6-14(12)19-2/h3-9,15H,17H2,1-2H3.